The number of amides is 2. The molecule has 0 unspecified atom stereocenters. The number of carbonyl (C=O) groups is 2. The lowest BCUT2D eigenvalue weighted by Crippen LogP contribution is -2.47. The summed E-state index contributed by atoms with van der Waals surface area (Å²) in [5, 5.41) is 5.31. The number of aryl methyl sites for hydroxylation is 1. The molecule has 1 aliphatic rings. The lowest BCUT2D eigenvalue weighted by Gasteiger charge is -2.21. The fourth-order valence-electron chi connectivity index (χ4n) is 3.12. The van der Waals surface area contributed by atoms with Crippen molar-refractivity contribution in [2.24, 2.45) is 4.99 Å². The Hall–Kier alpha value is -3.93. The number of ether oxygens (including phenoxy) is 1. The van der Waals surface area contributed by atoms with Crippen LogP contribution in [0.15, 0.2) is 83.9 Å². The molecule has 2 N–H and O–H groups in total. The van der Waals surface area contributed by atoms with Crippen LogP contribution < -0.4 is 15.4 Å². The minimum atomic E-state index is -0.357. The molecule has 6 heteroatoms. The molecule has 0 aliphatic carbocycles. The number of para-hydroxylation sites is 1. The van der Waals surface area contributed by atoms with E-state index in [1.54, 1.807) is 24.3 Å². The summed E-state index contributed by atoms with van der Waals surface area (Å²) in [6.07, 6.45) is 0.244. The Morgan fingerprint density at radius 1 is 0.967 bits per heavy atom. The van der Waals surface area contributed by atoms with E-state index in [9.17, 15) is 9.59 Å². The normalized spacial score (nSPS) is 15.7. The molecule has 1 heterocycles. The van der Waals surface area contributed by atoms with Crippen LogP contribution in [0.1, 0.15) is 33.9 Å². The first-order chi connectivity index (χ1) is 14.6. The van der Waals surface area contributed by atoms with Gasteiger partial charge in [-0.1, -0.05) is 48.0 Å². The molecule has 150 valence electrons. The first-order valence-corrected chi connectivity index (χ1v) is 9.65. The summed E-state index contributed by atoms with van der Waals surface area (Å²) in [6.45, 7) is 2.00. The van der Waals surface area contributed by atoms with E-state index in [0.717, 1.165) is 16.9 Å². The van der Waals surface area contributed by atoms with Gasteiger partial charge in [0.25, 0.3) is 5.91 Å². The standard InChI is InChI=1S/C24H21N3O3/c1-16-7-9-17(10-8-16)21-15-22(28)26-24(25-21)27-23(29)18-11-13-20(14-12-18)30-19-5-3-2-4-6-19/h2-14,21H,15H2,1H3,(H2,25,26,27,28,29)/t21-/m1/s1. The Morgan fingerprint density at radius 2 is 1.63 bits per heavy atom. The molecule has 1 aliphatic heterocycles. The van der Waals surface area contributed by atoms with E-state index in [4.69, 9.17) is 4.74 Å². The number of nitrogens with one attached hydrogen (secondary N) is 2. The quantitative estimate of drug-likeness (QED) is 0.692. The smallest absolute Gasteiger partial charge is 0.257 e. The first kappa shape index (κ1) is 19.4. The number of hydrogen-bond donors (Lipinski definition) is 2. The summed E-state index contributed by atoms with van der Waals surface area (Å²) < 4.78 is 5.74. The molecule has 6 nitrogen and oxygen atoms in total. The zero-order chi connectivity index (χ0) is 20.9. The third-order valence-electron chi connectivity index (χ3n) is 4.71. The minimum absolute atomic E-state index is 0.159. The molecule has 4 rings (SSSR count). The molecule has 1 atom stereocenters. The van der Waals surface area contributed by atoms with Crippen LogP contribution in [0, 0.1) is 6.92 Å². The molecule has 3 aromatic rings. The van der Waals surface area contributed by atoms with E-state index in [1.165, 1.54) is 0 Å². The van der Waals surface area contributed by atoms with E-state index < -0.39 is 0 Å². The van der Waals surface area contributed by atoms with Crippen molar-refractivity contribution in [1.82, 2.24) is 10.6 Å². The van der Waals surface area contributed by atoms with Gasteiger partial charge in [-0.3, -0.25) is 20.2 Å². The molecule has 0 spiro atoms. The number of benzene rings is 3. The van der Waals surface area contributed by atoms with Gasteiger partial charge in [-0.05, 0) is 48.9 Å². The molecule has 0 bridgehead atoms. The van der Waals surface area contributed by atoms with E-state index in [1.807, 2.05) is 61.5 Å². The van der Waals surface area contributed by atoms with Gasteiger partial charge in [0.1, 0.15) is 11.5 Å². The second kappa shape index (κ2) is 8.61. The Balaban J connectivity index is 1.44. The van der Waals surface area contributed by atoms with Gasteiger partial charge in [-0.2, -0.15) is 0 Å². The molecule has 3 aromatic carbocycles. The third-order valence-corrected chi connectivity index (χ3v) is 4.71. The summed E-state index contributed by atoms with van der Waals surface area (Å²) in [5.74, 6) is 0.963. The zero-order valence-corrected chi connectivity index (χ0v) is 16.5. The van der Waals surface area contributed by atoms with Crippen molar-refractivity contribution in [1.29, 1.82) is 0 Å². The monoisotopic (exact) mass is 399 g/mol. The minimum Gasteiger partial charge on any atom is -0.457 e. The van der Waals surface area contributed by atoms with E-state index >= 15 is 0 Å². The van der Waals surface area contributed by atoms with Crippen LogP contribution in [-0.4, -0.2) is 17.8 Å². The number of carbonyl (C=O) groups excluding carboxylic acids is 2. The van der Waals surface area contributed by atoms with Gasteiger partial charge in [-0.15, -0.1) is 0 Å². The summed E-state index contributed by atoms with van der Waals surface area (Å²) in [5.41, 5.74) is 2.51. The highest BCUT2D eigenvalue weighted by Crippen LogP contribution is 2.24. The average molecular weight is 399 g/mol. The Labute approximate surface area is 174 Å². The number of aliphatic imine (C=N–C) groups is 1. The molecule has 0 fully saturated rings. The SMILES string of the molecule is Cc1ccc([C@H]2CC(=O)NC(NC(=O)c3ccc(Oc4ccccc4)cc3)=N2)cc1. The Bertz CT molecular complexity index is 1070. The topological polar surface area (TPSA) is 79.8 Å². The maximum atomic E-state index is 12.6. The molecule has 0 saturated carbocycles. The molecule has 0 radical (unpaired) electrons. The molecule has 0 aromatic heterocycles. The van der Waals surface area contributed by atoms with Crippen LogP contribution in [0.5, 0.6) is 11.5 Å². The Morgan fingerprint density at radius 3 is 2.33 bits per heavy atom. The van der Waals surface area contributed by atoms with Crippen molar-refractivity contribution in [2.45, 2.75) is 19.4 Å². The number of nitrogens with zero attached hydrogens (tertiary/aromatic N) is 1. The lowest BCUT2D eigenvalue weighted by molar-refractivity contribution is -0.120. The van der Waals surface area contributed by atoms with Crippen molar-refractivity contribution in [3.05, 3.63) is 95.6 Å². The summed E-state index contributed by atoms with van der Waals surface area (Å²) in [7, 11) is 0. The van der Waals surface area contributed by atoms with Crippen LogP contribution in [0.25, 0.3) is 0 Å². The maximum absolute atomic E-state index is 12.6. The van der Waals surface area contributed by atoms with Gasteiger partial charge in [0.2, 0.25) is 11.9 Å². The van der Waals surface area contributed by atoms with Gasteiger partial charge in [0, 0.05) is 5.56 Å². The molecule has 0 saturated heterocycles. The van der Waals surface area contributed by atoms with Crippen LogP contribution in [0.3, 0.4) is 0 Å². The van der Waals surface area contributed by atoms with Crippen LogP contribution >= 0.6 is 0 Å². The lowest BCUT2D eigenvalue weighted by atomic mass is 10.0. The van der Waals surface area contributed by atoms with E-state index in [2.05, 4.69) is 15.6 Å². The third kappa shape index (κ3) is 4.72. The van der Waals surface area contributed by atoms with Gasteiger partial charge < -0.3 is 4.74 Å². The highest BCUT2D eigenvalue weighted by atomic mass is 16.5. The molecule has 30 heavy (non-hydrogen) atoms. The van der Waals surface area contributed by atoms with Crippen molar-refractivity contribution in [2.75, 3.05) is 0 Å². The predicted octanol–water partition coefficient (Wildman–Crippen LogP) is 4.13. The van der Waals surface area contributed by atoms with Crippen molar-refractivity contribution in [3.63, 3.8) is 0 Å². The average Bonchev–Trinajstić information content (AvgIpc) is 2.75. The van der Waals surface area contributed by atoms with Crippen molar-refractivity contribution < 1.29 is 14.3 Å². The maximum Gasteiger partial charge on any atom is 0.257 e. The summed E-state index contributed by atoms with van der Waals surface area (Å²) in [4.78, 5) is 29.2. The van der Waals surface area contributed by atoms with Crippen LogP contribution in [0.4, 0.5) is 0 Å². The van der Waals surface area contributed by atoms with Crippen LogP contribution in [0.2, 0.25) is 0 Å². The highest BCUT2D eigenvalue weighted by Gasteiger charge is 2.23. The summed E-state index contributed by atoms with van der Waals surface area (Å²) >= 11 is 0. The molecule has 2 amide bonds. The van der Waals surface area contributed by atoms with Crippen LogP contribution in [-0.2, 0) is 4.79 Å². The second-order valence-corrected chi connectivity index (χ2v) is 7.05. The fraction of sp³-hybridized carbons (Fsp3) is 0.125. The largest absolute Gasteiger partial charge is 0.457 e. The van der Waals surface area contributed by atoms with E-state index in [0.29, 0.717) is 11.3 Å². The fourth-order valence-corrected chi connectivity index (χ4v) is 3.12. The highest BCUT2D eigenvalue weighted by molar-refractivity contribution is 6.10. The van der Waals surface area contributed by atoms with E-state index in [-0.39, 0.29) is 30.2 Å². The number of guanidine groups is 1. The van der Waals surface area contributed by atoms with Gasteiger partial charge in [0.05, 0.1) is 12.5 Å². The first-order valence-electron chi connectivity index (χ1n) is 9.65. The molecular weight excluding hydrogens is 378 g/mol. The van der Waals surface area contributed by atoms with Gasteiger partial charge in [-0.25, -0.2) is 4.99 Å². The van der Waals surface area contributed by atoms with Crippen molar-refractivity contribution >= 4 is 17.8 Å². The number of hydrogen-bond acceptors (Lipinski definition) is 4. The zero-order valence-electron chi connectivity index (χ0n) is 16.5. The van der Waals surface area contributed by atoms with Gasteiger partial charge >= 0.3 is 0 Å². The predicted molar refractivity (Wildman–Crippen MR) is 115 cm³/mol. The Kier molecular flexibility index (Phi) is 5.57. The molecular formula is C24H21N3O3. The second-order valence-electron chi connectivity index (χ2n) is 7.05. The number of rotatable bonds is 4. The van der Waals surface area contributed by atoms with Gasteiger partial charge in [0.15, 0.2) is 0 Å². The summed E-state index contributed by atoms with van der Waals surface area (Å²) in [6, 6.07) is 23.7. The van der Waals surface area contributed by atoms with Crippen molar-refractivity contribution in [3.8, 4) is 11.5 Å².